The Kier molecular flexibility index (Phi) is 1.99. The van der Waals surface area contributed by atoms with E-state index in [-0.39, 0.29) is 12.3 Å². The normalized spacial score (nSPS) is 18.9. The number of aromatic nitrogens is 1. The van der Waals surface area contributed by atoms with E-state index >= 15 is 0 Å². The van der Waals surface area contributed by atoms with Gasteiger partial charge in [-0.15, -0.1) is 0 Å². The van der Waals surface area contributed by atoms with E-state index in [1.807, 2.05) is 18.3 Å². The molecule has 16 heavy (non-hydrogen) atoms. The van der Waals surface area contributed by atoms with E-state index < -0.39 is 5.97 Å². The molecule has 3 rings (SSSR count). The van der Waals surface area contributed by atoms with E-state index in [0.29, 0.717) is 0 Å². The van der Waals surface area contributed by atoms with Gasteiger partial charge in [-0.3, -0.25) is 4.79 Å². The van der Waals surface area contributed by atoms with Crippen LogP contribution in [0.4, 0.5) is 0 Å². The third-order valence-electron chi connectivity index (χ3n) is 3.44. The van der Waals surface area contributed by atoms with Crippen LogP contribution in [0.25, 0.3) is 10.9 Å². The van der Waals surface area contributed by atoms with Crippen LogP contribution in [0, 0.1) is 0 Å². The lowest BCUT2D eigenvalue weighted by molar-refractivity contribution is -0.137. The van der Waals surface area contributed by atoms with Gasteiger partial charge in [-0.1, -0.05) is 12.1 Å². The molecule has 0 amide bonds. The van der Waals surface area contributed by atoms with Gasteiger partial charge in [-0.25, -0.2) is 0 Å². The first kappa shape index (κ1) is 9.46. The summed E-state index contributed by atoms with van der Waals surface area (Å²) in [5, 5.41) is 10.2. The van der Waals surface area contributed by atoms with Gasteiger partial charge in [0.1, 0.15) is 0 Å². The van der Waals surface area contributed by atoms with Crippen molar-refractivity contribution in [2.75, 3.05) is 0 Å². The topological polar surface area (TPSA) is 53.1 Å². The van der Waals surface area contributed by atoms with Crippen molar-refractivity contribution in [3.8, 4) is 0 Å². The molecule has 2 N–H and O–H groups in total. The zero-order valence-corrected chi connectivity index (χ0v) is 8.86. The molecule has 82 valence electrons. The van der Waals surface area contributed by atoms with Crippen molar-refractivity contribution < 1.29 is 9.90 Å². The number of carboxylic acids is 1. The summed E-state index contributed by atoms with van der Waals surface area (Å²) in [6.45, 7) is 0. The third kappa shape index (κ3) is 1.32. The van der Waals surface area contributed by atoms with E-state index in [9.17, 15) is 4.79 Å². The average molecular weight is 215 g/mol. The lowest BCUT2D eigenvalue weighted by Gasteiger charge is -2.21. The smallest absolute Gasteiger partial charge is 0.303 e. The van der Waals surface area contributed by atoms with Gasteiger partial charge >= 0.3 is 5.97 Å². The van der Waals surface area contributed by atoms with Crippen LogP contribution in [0.3, 0.4) is 0 Å². The standard InChI is InChI=1S/C13H13NO2/c15-12(16)6-8-4-5-9-7-14-11-3-1-2-10(8)13(9)11/h1-3,7-8,14H,4-6H2,(H,15,16). The fourth-order valence-corrected chi connectivity index (χ4v) is 2.73. The Morgan fingerprint density at radius 2 is 2.38 bits per heavy atom. The Labute approximate surface area is 93.1 Å². The molecule has 0 aliphatic heterocycles. The molecule has 2 aromatic rings. The van der Waals surface area contributed by atoms with E-state index in [0.717, 1.165) is 18.4 Å². The largest absolute Gasteiger partial charge is 0.481 e. The first-order chi connectivity index (χ1) is 7.75. The minimum atomic E-state index is -0.707. The molecule has 1 aliphatic rings. The number of carbonyl (C=O) groups is 1. The highest BCUT2D eigenvalue weighted by atomic mass is 16.4. The summed E-state index contributed by atoms with van der Waals surface area (Å²) in [5.74, 6) is -0.537. The molecular formula is C13H13NO2. The summed E-state index contributed by atoms with van der Waals surface area (Å²) in [6.07, 6.45) is 4.21. The molecule has 0 saturated carbocycles. The first-order valence-corrected chi connectivity index (χ1v) is 5.56. The number of aliphatic carboxylic acids is 1. The van der Waals surface area contributed by atoms with Crippen LogP contribution in [0.5, 0.6) is 0 Å². The number of carboxylic acid groups (broad SMARTS) is 1. The molecule has 3 heteroatoms. The summed E-state index contributed by atoms with van der Waals surface area (Å²) in [5.41, 5.74) is 3.65. The molecule has 0 bridgehead atoms. The van der Waals surface area contributed by atoms with Crippen molar-refractivity contribution in [2.24, 2.45) is 0 Å². The molecule has 3 nitrogen and oxygen atoms in total. The van der Waals surface area contributed by atoms with Crippen molar-refractivity contribution in [1.82, 2.24) is 4.98 Å². The van der Waals surface area contributed by atoms with Gasteiger partial charge in [0.15, 0.2) is 0 Å². The number of aryl methyl sites for hydroxylation is 1. The molecule has 1 aromatic heterocycles. The van der Waals surface area contributed by atoms with Gasteiger partial charge in [0.05, 0.1) is 6.42 Å². The second-order valence-electron chi connectivity index (χ2n) is 4.42. The molecule has 1 unspecified atom stereocenters. The van der Waals surface area contributed by atoms with E-state index in [1.54, 1.807) is 0 Å². The molecule has 1 heterocycles. The molecule has 0 saturated heterocycles. The van der Waals surface area contributed by atoms with Crippen molar-refractivity contribution >= 4 is 16.9 Å². The van der Waals surface area contributed by atoms with Gasteiger partial charge in [0.2, 0.25) is 0 Å². The zero-order chi connectivity index (χ0) is 11.1. The lowest BCUT2D eigenvalue weighted by Crippen LogP contribution is -2.11. The van der Waals surface area contributed by atoms with Crippen molar-refractivity contribution in [2.45, 2.75) is 25.2 Å². The van der Waals surface area contributed by atoms with Crippen molar-refractivity contribution in [3.63, 3.8) is 0 Å². The molecule has 1 atom stereocenters. The maximum Gasteiger partial charge on any atom is 0.303 e. The molecule has 0 radical (unpaired) electrons. The van der Waals surface area contributed by atoms with Crippen LogP contribution in [0.2, 0.25) is 0 Å². The predicted molar refractivity (Wildman–Crippen MR) is 61.6 cm³/mol. The first-order valence-electron chi connectivity index (χ1n) is 5.56. The second kappa shape index (κ2) is 3.37. The number of H-pyrrole nitrogens is 1. The van der Waals surface area contributed by atoms with Gasteiger partial charge in [-0.05, 0) is 36.0 Å². The maximum absolute atomic E-state index is 10.8. The van der Waals surface area contributed by atoms with Gasteiger partial charge < -0.3 is 10.1 Å². The Morgan fingerprint density at radius 3 is 3.19 bits per heavy atom. The van der Waals surface area contributed by atoms with Crippen LogP contribution in [-0.2, 0) is 11.2 Å². The monoisotopic (exact) mass is 215 g/mol. The number of aromatic amines is 1. The van der Waals surface area contributed by atoms with Gasteiger partial charge in [-0.2, -0.15) is 0 Å². The highest BCUT2D eigenvalue weighted by molar-refractivity contribution is 5.88. The number of hydrogen-bond acceptors (Lipinski definition) is 1. The maximum atomic E-state index is 10.8. The molecule has 0 spiro atoms. The highest BCUT2D eigenvalue weighted by Crippen LogP contribution is 2.38. The van der Waals surface area contributed by atoms with Crippen LogP contribution < -0.4 is 0 Å². The van der Waals surface area contributed by atoms with Crippen LogP contribution in [-0.4, -0.2) is 16.1 Å². The van der Waals surface area contributed by atoms with Crippen molar-refractivity contribution in [1.29, 1.82) is 0 Å². The van der Waals surface area contributed by atoms with Gasteiger partial charge in [0, 0.05) is 17.1 Å². The molecular weight excluding hydrogens is 202 g/mol. The van der Waals surface area contributed by atoms with E-state index in [4.69, 9.17) is 5.11 Å². The SMILES string of the molecule is O=C(O)CC1CCc2c[nH]c3cccc1c23. The minimum absolute atomic E-state index is 0.171. The van der Waals surface area contributed by atoms with Crippen LogP contribution in [0.1, 0.15) is 29.9 Å². The highest BCUT2D eigenvalue weighted by Gasteiger charge is 2.24. The summed E-state index contributed by atoms with van der Waals surface area (Å²) in [4.78, 5) is 14.1. The molecule has 0 fully saturated rings. The molecule has 1 aromatic carbocycles. The van der Waals surface area contributed by atoms with Crippen molar-refractivity contribution in [3.05, 3.63) is 35.5 Å². The third-order valence-corrected chi connectivity index (χ3v) is 3.44. The second-order valence-corrected chi connectivity index (χ2v) is 4.42. The average Bonchev–Trinajstić information content (AvgIpc) is 2.67. The molecule has 1 aliphatic carbocycles. The Balaban J connectivity index is 2.15. The van der Waals surface area contributed by atoms with Crippen LogP contribution >= 0.6 is 0 Å². The Hall–Kier alpha value is -1.77. The lowest BCUT2D eigenvalue weighted by atomic mass is 9.82. The fourth-order valence-electron chi connectivity index (χ4n) is 2.73. The van der Waals surface area contributed by atoms with E-state index in [1.165, 1.54) is 16.5 Å². The fraction of sp³-hybridized carbons (Fsp3) is 0.308. The van der Waals surface area contributed by atoms with E-state index in [2.05, 4.69) is 11.1 Å². The minimum Gasteiger partial charge on any atom is -0.481 e. The number of nitrogens with one attached hydrogen (secondary N) is 1. The quantitative estimate of drug-likeness (QED) is 0.809. The number of benzene rings is 1. The summed E-state index contributed by atoms with van der Waals surface area (Å²) in [6, 6.07) is 6.11. The Morgan fingerprint density at radius 1 is 1.50 bits per heavy atom. The van der Waals surface area contributed by atoms with Gasteiger partial charge in [0.25, 0.3) is 0 Å². The number of hydrogen-bond donors (Lipinski definition) is 2. The Bertz CT molecular complexity index is 556. The zero-order valence-electron chi connectivity index (χ0n) is 8.86. The van der Waals surface area contributed by atoms with Crippen LogP contribution in [0.15, 0.2) is 24.4 Å². The summed E-state index contributed by atoms with van der Waals surface area (Å²) >= 11 is 0. The predicted octanol–water partition coefficient (Wildman–Crippen LogP) is 2.67. The number of rotatable bonds is 2. The summed E-state index contributed by atoms with van der Waals surface area (Å²) < 4.78 is 0. The summed E-state index contributed by atoms with van der Waals surface area (Å²) in [7, 11) is 0.